The zero-order valence-electron chi connectivity index (χ0n) is 13.9. The molecule has 0 aliphatic heterocycles. The Labute approximate surface area is 142 Å². The molecule has 5 nitrogen and oxygen atoms in total. The molecular formula is C18H20N2O3S. The Hall–Kier alpha value is -2.43. The average Bonchev–Trinajstić information content (AvgIpc) is 2.48. The predicted octanol–water partition coefficient (Wildman–Crippen LogP) is 4.04. The maximum atomic E-state index is 12.4. The highest BCUT2D eigenvalue weighted by atomic mass is 32.2. The summed E-state index contributed by atoms with van der Waals surface area (Å²) in [6, 6.07) is 13.0. The van der Waals surface area contributed by atoms with Crippen molar-refractivity contribution in [2.75, 3.05) is 4.72 Å². The van der Waals surface area contributed by atoms with E-state index in [9.17, 15) is 13.2 Å². The molecule has 0 aliphatic carbocycles. The Kier molecular flexibility index (Phi) is 5.22. The normalized spacial score (nSPS) is 11.6. The molecule has 2 aromatic rings. The second-order valence-corrected chi connectivity index (χ2v) is 8.42. The first-order chi connectivity index (χ1) is 11.2. The Morgan fingerprint density at radius 1 is 1.00 bits per heavy atom. The van der Waals surface area contributed by atoms with Crippen molar-refractivity contribution in [1.29, 1.82) is 0 Å². The monoisotopic (exact) mass is 344 g/mol. The van der Waals surface area contributed by atoms with Crippen LogP contribution in [0.25, 0.3) is 0 Å². The lowest BCUT2D eigenvalue weighted by Crippen LogP contribution is -2.13. The summed E-state index contributed by atoms with van der Waals surface area (Å²) >= 11 is 0. The van der Waals surface area contributed by atoms with Crippen molar-refractivity contribution in [2.24, 2.45) is 10.4 Å². The SMILES string of the molecule is CC(C)(C)Cc1ccc(NS(=O)(=O)c2ccc(N=C=O)cc2)cc1. The Morgan fingerprint density at radius 2 is 1.58 bits per heavy atom. The topological polar surface area (TPSA) is 75.6 Å². The van der Waals surface area contributed by atoms with Crippen molar-refractivity contribution in [1.82, 2.24) is 0 Å². The lowest BCUT2D eigenvalue weighted by atomic mass is 9.88. The molecule has 0 aromatic heterocycles. The van der Waals surface area contributed by atoms with Crippen LogP contribution in [0.2, 0.25) is 0 Å². The summed E-state index contributed by atoms with van der Waals surface area (Å²) in [4.78, 5) is 13.7. The molecule has 1 N–H and O–H groups in total. The Balaban J connectivity index is 2.15. The number of rotatable bonds is 5. The number of benzene rings is 2. The summed E-state index contributed by atoms with van der Waals surface area (Å²) in [6.07, 6.45) is 2.33. The molecule has 6 heteroatoms. The van der Waals surface area contributed by atoms with Gasteiger partial charge >= 0.3 is 0 Å². The van der Waals surface area contributed by atoms with E-state index in [4.69, 9.17) is 0 Å². The van der Waals surface area contributed by atoms with Gasteiger partial charge in [-0.3, -0.25) is 4.72 Å². The van der Waals surface area contributed by atoms with E-state index in [2.05, 4.69) is 30.5 Å². The number of sulfonamides is 1. The minimum Gasteiger partial charge on any atom is -0.280 e. The van der Waals surface area contributed by atoms with E-state index in [1.54, 1.807) is 12.1 Å². The maximum absolute atomic E-state index is 12.4. The van der Waals surface area contributed by atoms with Crippen molar-refractivity contribution < 1.29 is 13.2 Å². The van der Waals surface area contributed by atoms with Gasteiger partial charge in [0.25, 0.3) is 10.0 Å². The molecule has 24 heavy (non-hydrogen) atoms. The molecule has 0 radical (unpaired) electrons. The van der Waals surface area contributed by atoms with Gasteiger partial charge in [-0.2, -0.15) is 4.99 Å². The minimum absolute atomic E-state index is 0.103. The highest BCUT2D eigenvalue weighted by Crippen LogP contribution is 2.23. The van der Waals surface area contributed by atoms with Crippen LogP contribution in [0.5, 0.6) is 0 Å². The van der Waals surface area contributed by atoms with E-state index in [0.717, 1.165) is 12.0 Å². The molecule has 2 rings (SSSR count). The number of anilines is 1. The van der Waals surface area contributed by atoms with Crippen molar-refractivity contribution in [2.45, 2.75) is 32.1 Å². The zero-order chi connectivity index (χ0) is 17.8. The molecule has 0 aliphatic rings. The molecule has 0 spiro atoms. The van der Waals surface area contributed by atoms with Gasteiger partial charge in [0.15, 0.2) is 0 Å². The fourth-order valence-electron chi connectivity index (χ4n) is 2.27. The van der Waals surface area contributed by atoms with Crippen molar-refractivity contribution in [3.05, 3.63) is 54.1 Å². The Bertz CT molecular complexity index is 843. The largest absolute Gasteiger partial charge is 0.280 e. The van der Waals surface area contributed by atoms with E-state index >= 15 is 0 Å². The summed E-state index contributed by atoms with van der Waals surface area (Å²) in [7, 11) is -3.68. The fraction of sp³-hybridized carbons (Fsp3) is 0.278. The molecule has 0 fully saturated rings. The highest BCUT2D eigenvalue weighted by molar-refractivity contribution is 7.92. The third-order valence-corrected chi connectivity index (χ3v) is 4.66. The fourth-order valence-corrected chi connectivity index (χ4v) is 3.33. The first kappa shape index (κ1) is 17.9. The highest BCUT2D eigenvalue weighted by Gasteiger charge is 2.15. The van der Waals surface area contributed by atoms with Crippen LogP contribution < -0.4 is 4.72 Å². The molecule has 0 saturated heterocycles. The molecule has 0 atom stereocenters. The molecule has 0 saturated carbocycles. The summed E-state index contributed by atoms with van der Waals surface area (Å²) < 4.78 is 27.3. The number of carbonyl (C=O) groups excluding carboxylic acids is 1. The molecule has 2 aromatic carbocycles. The van der Waals surface area contributed by atoms with Gasteiger partial charge in [-0.15, -0.1) is 0 Å². The standard InChI is InChI=1S/C18H20N2O3S/c1-18(2,3)12-14-4-6-16(7-5-14)20-24(22,23)17-10-8-15(9-11-17)19-13-21/h4-11,20H,12H2,1-3H3. The summed E-state index contributed by atoms with van der Waals surface area (Å²) in [6.45, 7) is 6.46. The minimum atomic E-state index is -3.68. The van der Waals surface area contributed by atoms with Gasteiger partial charge in [0.2, 0.25) is 6.08 Å². The third-order valence-electron chi connectivity index (χ3n) is 3.26. The molecule has 0 unspecified atom stereocenters. The van der Waals surface area contributed by atoms with E-state index in [1.165, 1.54) is 30.3 Å². The van der Waals surface area contributed by atoms with E-state index in [-0.39, 0.29) is 10.3 Å². The van der Waals surface area contributed by atoms with Crippen molar-refractivity contribution in [3.63, 3.8) is 0 Å². The number of aliphatic imine (C=N–C) groups is 1. The predicted molar refractivity (Wildman–Crippen MR) is 94.6 cm³/mol. The third kappa shape index (κ3) is 5.05. The smallest absolute Gasteiger partial charge is 0.261 e. The van der Waals surface area contributed by atoms with Gasteiger partial charge in [-0.05, 0) is 53.8 Å². The zero-order valence-corrected chi connectivity index (χ0v) is 14.7. The van der Waals surface area contributed by atoms with Crippen LogP contribution in [-0.4, -0.2) is 14.5 Å². The van der Waals surface area contributed by atoms with Crippen LogP contribution in [0, 0.1) is 5.41 Å². The van der Waals surface area contributed by atoms with Crippen LogP contribution in [0.1, 0.15) is 26.3 Å². The molecule has 0 heterocycles. The molecule has 0 bridgehead atoms. The number of hydrogen-bond donors (Lipinski definition) is 1. The number of isocyanates is 1. The summed E-state index contributed by atoms with van der Waals surface area (Å²) in [5.41, 5.74) is 2.19. The molecule has 0 amide bonds. The average molecular weight is 344 g/mol. The number of hydrogen-bond acceptors (Lipinski definition) is 4. The van der Waals surface area contributed by atoms with Crippen LogP contribution >= 0.6 is 0 Å². The molecule has 126 valence electrons. The van der Waals surface area contributed by atoms with Gasteiger partial charge < -0.3 is 0 Å². The quantitative estimate of drug-likeness (QED) is 0.657. The Morgan fingerprint density at radius 3 is 2.08 bits per heavy atom. The first-order valence-electron chi connectivity index (χ1n) is 7.49. The number of nitrogens with zero attached hydrogens (tertiary/aromatic N) is 1. The van der Waals surface area contributed by atoms with Gasteiger partial charge in [0, 0.05) is 5.69 Å². The van der Waals surface area contributed by atoms with E-state index in [1.807, 2.05) is 12.1 Å². The van der Waals surface area contributed by atoms with Crippen LogP contribution in [0.4, 0.5) is 11.4 Å². The summed E-state index contributed by atoms with van der Waals surface area (Å²) in [5.74, 6) is 0. The van der Waals surface area contributed by atoms with E-state index < -0.39 is 10.0 Å². The number of nitrogens with one attached hydrogen (secondary N) is 1. The molecular weight excluding hydrogens is 324 g/mol. The van der Waals surface area contributed by atoms with Gasteiger partial charge in [-0.25, -0.2) is 13.2 Å². The van der Waals surface area contributed by atoms with Crippen molar-refractivity contribution in [3.8, 4) is 0 Å². The van der Waals surface area contributed by atoms with Crippen LogP contribution in [0.3, 0.4) is 0 Å². The second kappa shape index (κ2) is 6.99. The maximum Gasteiger partial charge on any atom is 0.261 e. The van der Waals surface area contributed by atoms with E-state index in [0.29, 0.717) is 11.4 Å². The lowest BCUT2D eigenvalue weighted by Gasteiger charge is -2.18. The second-order valence-electron chi connectivity index (χ2n) is 6.74. The van der Waals surface area contributed by atoms with Crippen LogP contribution in [-0.2, 0) is 21.2 Å². The first-order valence-corrected chi connectivity index (χ1v) is 8.98. The van der Waals surface area contributed by atoms with Gasteiger partial charge in [0.1, 0.15) is 0 Å². The lowest BCUT2D eigenvalue weighted by molar-refractivity contribution is 0.411. The van der Waals surface area contributed by atoms with Gasteiger partial charge in [0.05, 0.1) is 10.6 Å². The van der Waals surface area contributed by atoms with Crippen molar-refractivity contribution >= 4 is 27.5 Å². The summed E-state index contributed by atoms with van der Waals surface area (Å²) in [5, 5.41) is 0. The van der Waals surface area contributed by atoms with Crippen LogP contribution in [0.15, 0.2) is 58.4 Å². The van der Waals surface area contributed by atoms with Gasteiger partial charge in [-0.1, -0.05) is 32.9 Å².